The first kappa shape index (κ1) is 16.9. The van der Waals surface area contributed by atoms with Gasteiger partial charge in [0, 0.05) is 24.2 Å². The molecular formula is C17H27BrN2O. The summed E-state index contributed by atoms with van der Waals surface area (Å²) in [5, 5.41) is 3.45. The highest BCUT2D eigenvalue weighted by molar-refractivity contribution is 9.10. The van der Waals surface area contributed by atoms with E-state index in [9.17, 15) is 0 Å². The van der Waals surface area contributed by atoms with Crippen LogP contribution < -0.4 is 5.32 Å². The monoisotopic (exact) mass is 354 g/mol. The third kappa shape index (κ3) is 5.06. The fourth-order valence-electron chi connectivity index (χ4n) is 3.25. The Bertz CT molecular complexity index is 425. The topological polar surface area (TPSA) is 24.5 Å². The Labute approximate surface area is 137 Å². The quantitative estimate of drug-likeness (QED) is 0.811. The number of hydrogen-bond donors (Lipinski definition) is 1. The summed E-state index contributed by atoms with van der Waals surface area (Å²) in [5.41, 5.74) is 1.35. The molecule has 118 valence electrons. The molecule has 2 atom stereocenters. The summed E-state index contributed by atoms with van der Waals surface area (Å²) in [6.07, 6.45) is 3.75. The van der Waals surface area contributed by atoms with Crippen molar-refractivity contribution in [1.29, 1.82) is 0 Å². The van der Waals surface area contributed by atoms with Gasteiger partial charge in [-0.1, -0.05) is 34.1 Å². The third-order valence-electron chi connectivity index (χ3n) is 4.37. The predicted octanol–water partition coefficient (Wildman–Crippen LogP) is 3.46. The molecule has 21 heavy (non-hydrogen) atoms. The van der Waals surface area contributed by atoms with Crippen LogP contribution in [0.4, 0.5) is 0 Å². The van der Waals surface area contributed by atoms with Gasteiger partial charge in [-0.15, -0.1) is 0 Å². The first-order valence-electron chi connectivity index (χ1n) is 7.87. The summed E-state index contributed by atoms with van der Waals surface area (Å²) >= 11 is 3.66. The normalized spacial score (nSPS) is 21.4. The van der Waals surface area contributed by atoms with E-state index >= 15 is 0 Å². The number of likely N-dealkylation sites (tertiary alicyclic amines) is 1. The van der Waals surface area contributed by atoms with E-state index in [1.54, 1.807) is 0 Å². The van der Waals surface area contributed by atoms with Gasteiger partial charge in [-0.2, -0.15) is 0 Å². The van der Waals surface area contributed by atoms with E-state index in [2.05, 4.69) is 50.4 Å². The summed E-state index contributed by atoms with van der Waals surface area (Å²) in [5.74, 6) is 0.709. The molecule has 0 spiro atoms. The van der Waals surface area contributed by atoms with Crippen LogP contribution in [-0.4, -0.2) is 45.3 Å². The van der Waals surface area contributed by atoms with Gasteiger partial charge in [0.15, 0.2) is 0 Å². The summed E-state index contributed by atoms with van der Waals surface area (Å²) in [4.78, 5) is 2.59. The van der Waals surface area contributed by atoms with E-state index in [0.717, 1.165) is 19.6 Å². The SMILES string of the molecule is CNC(CCN1CCCC(COC)C1)c1ccccc1Br. The number of piperidine rings is 1. The molecule has 0 saturated carbocycles. The zero-order valence-electron chi connectivity index (χ0n) is 13.1. The molecule has 1 aromatic carbocycles. The average Bonchev–Trinajstić information content (AvgIpc) is 2.50. The molecule has 0 radical (unpaired) electrons. The second kappa shape index (κ2) is 8.89. The smallest absolute Gasteiger partial charge is 0.0502 e. The fraction of sp³-hybridized carbons (Fsp3) is 0.647. The molecule has 1 fully saturated rings. The Hall–Kier alpha value is -0.420. The van der Waals surface area contributed by atoms with Gasteiger partial charge < -0.3 is 15.0 Å². The van der Waals surface area contributed by atoms with Crippen molar-refractivity contribution in [3.8, 4) is 0 Å². The van der Waals surface area contributed by atoms with E-state index in [1.165, 1.54) is 36.0 Å². The lowest BCUT2D eigenvalue weighted by Gasteiger charge is -2.33. The van der Waals surface area contributed by atoms with Crippen LogP contribution >= 0.6 is 15.9 Å². The van der Waals surface area contributed by atoms with Crippen LogP contribution in [0.25, 0.3) is 0 Å². The summed E-state index contributed by atoms with van der Waals surface area (Å²) in [6.45, 7) is 4.45. The second-order valence-electron chi connectivity index (χ2n) is 5.92. The summed E-state index contributed by atoms with van der Waals surface area (Å²) in [6, 6.07) is 8.91. The van der Waals surface area contributed by atoms with E-state index < -0.39 is 0 Å². The Morgan fingerprint density at radius 2 is 2.24 bits per heavy atom. The molecule has 1 aliphatic rings. The summed E-state index contributed by atoms with van der Waals surface area (Å²) in [7, 11) is 3.86. The maximum atomic E-state index is 5.32. The van der Waals surface area contributed by atoms with Crippen molar-refractivity contribution in [1.82, 2.24) is 10.2 Å². The van der Waals surface area contributed by atoms with Crippen LogP contribution in [0.3, 0.4) is 0 Å². The van der Waals surface area contributed by atoms with Crippen molar-refractivity contribution in [2.24, 2.45) is 5.92 Å². The molecule has 0 aromatic heterocycles. The van der Waals surface area contributed by atoms with Crippen molar-refractivity contribution in [3.05, 3.63) is 34.3 Å². The van der Waals surface area contributed by atoms with Crippen molar-refractivity contribution < 1.29 is 4.74 Å². The number of nitrogens with zero attached hydrogens (tertiary/aromatic N) is 1. The molecule has 0 aliphatic carbocycles. The van der Waals surface area contributed by atoms with Crippen molar-refractivity contribution in [3.63, 3.8) is 0 Å². The zero-order chi connectivity index (χ0) is 15.1. The van der Waals surface area contributed by atoms with Gasteiger partial charge in [0.2, 0.25) is 0 Å². The standard InChI is InChI=1S/C17H27BrN2O/c1-19-17(15-7-3-4-8-16(15)18)9-11-20-10-5-6-14(12-20)13-21-2/h3-4,7-8,14,17,19H,5-6,9-13H2,1-2H3. The van der Waals surface area contributed by atoms with Gasteiger partial charge in [-0.3, -0.25) is 0 Å². The lowest BCUT2D eigenvalue weighted by Crippen LogP contribution is -2.38. The van der Waals surface area contributed by atoms with Gasteiger partial charge in [0.25, 0.3) is 0 Å². The molecule has 2 rings (SSSR count). The van der Waals surface area contributed by atoms with Crippen LogP contribution in [-0.2, 0) is 4.74 Å². The molecule has 1 N–H and O–H groups in total. The average molecular weight is 355 g/mol. The second-order valence-corrected chi connectivity index (χ2v) is 6.77. The van der Waals surface area contributed by atoms with Gasteiger partial charge in [0.05, 0.1) is 6.61 Å². The minimum absolute atomic E-state index is 0.406. The molecule has 0 amide bonds. The Balaban J connectivity index is 1.87. The van der Waals surface area contributed by atoms with Crippen molar-refractivity contribution in [2.45, 2.75) is 25.3 Å². The maximum absolute atomic E-state index is 5.32. The first-order valence-corrected chi connectivity index (χ1v) is 8.67. The van der Waals surface area contributed by atoms with E-state index in [0.29, 0.717) is 12.0 Å². The van der Waals surface area contributed by atoms with E-state index in [-0.39, 0.29) is 0 Å². The molecule has 1 saturated heterocycles. The Morgan fingerprint density at radius 3 is 2.95 bits per heavy atom. The molecule has 3 nitrogen and oxygen atoms in total. The highest BCUT2D eigenvalue weighted by atomic mass is 79.9. The number of halogens is 1. The lowest BCUT2D eigenvalue weighted by atomic mass is 9.97. The van der Waals surface area contributed by atoms with Crippen molar-refractivity contribution >= 4 is 15.9 Å². The Kier molecular flexibility index (Phi) is 7.17. The Morgan fingerprint density at radius 1 is 1.43 bits per heavy atom. The highest BCUT2D eigenvalue weighted by Gasteiger charge is 2.21. The van der Waals surface area contributed by atoms with Gasteiger partial charge in [-0.25, -0.2) is 0 Å². The largest absolute Gasteiger partial charge is 0.384 e. The third-order valence-corrected chi connectivity index (χ3v) is 5.09. The molecule has 1 heterocycles. The van der Waals surface area contributed by atoms with Gasteiger partial charge >= 0.3 is 0 Å². The van der Waals surface area contributed by atoms with Crippen molar-refractivity contribution in [2.75, 3.05) is 40.4 Å². The predicted molar refractivity (Wildman–Crippen MR) is 91.6 cm³/mol. The highest BCUT2D eigenvalue weighted by Crippen LogP contribution is 2.26. The molecule has 2 unspecified atom stereocenters. The van der Waals surface area contributed by atoms with Gasteiger partial charge in [0.1, 0.15) is 0 Å². The number of rotatable bonds is 7. The number of hydrogen-bond acceptors (Lipinski definition) is 3. The van der Waals surface area contributed by atoms with Gasteiger partial charge in [-0.05, 0) is 56.9 Å². The van der Waals surface area contributed by atoms with Crippen LogP contribution in [0.15, 0.2) is 28.7 Å². The minimum atomic E-state index is 0.406. The number of methoxy groups -OCH3 is 1. The van der Waals surface area contributed by atoms with Crippen LogP contribution in [0, 0.1) is 5.92 Å². The molecular weight excluding hydrogens is 328 g/mol. The molecule has 1 aliphatic heterocycles. The number of ether oxygens (including phenoxy) is 1. The minimum Gasteiger partial charge on any atom is -0.384 e. The lowest BCUT2D eigenvalue weighted by molar-refractivity contribution is 0.0887. The number of nitrogens with one attached hydrogen (secondary N) is 1. The fourth-order valence-corrected chi connectivity index (χ4v) is 3.81. The van der Waals surface area contributed by atoms with E-state index in [4.69, 9.17) is 4.74 Å². The summed E-state index contributed by atoms with van der Waals surface area (Å²) < 4.78 is 6.51. The molecule has 1 aromatic rings. The number of benzene rings is 1. The first-order chi connectivity index (χ1) is 10.2. The molecule has 0 bridgehead atoms. The zero-order valence-corrected chi connectivity index (χ0v) is 14.7. The van der Waals surface area contributed by atoms with E-state index in [1.807, 2.05) is 14.2 Å². The van der Waals surface area contributed by atoms with Crippen LogP contribution in [0.5, 0.6) is 0 Å². The van der Waals surface area contributed by atoms with Crippen LogP contribution in [0.1, 0.15) is 30.9 Å². The maximum Gasteiger partial charge on any atom is 0.0502 e. The van der Waals surface area contributed by atoms with Crippen LogP contribution in [0.2, 0.25) is 0 Å². The molecule has 4 heteroatoms.